The van der Waals surface area contributed by atoms with Gasteiger partial charge in [-0.15, -0.1) is 0 Å². The second kappa shape index (κ2) is 4.78. The van der Waals surface area contributed by atoms with E-state index < -0.39 is 0 Å². The normalized spacial score (nSPS) is 10.0. The van der Waals surface area contributed by atoms with Crippen LogP contribution in [0, 0.1) is 5.82 Å². The molecule has 86 valence electrons. The quantitative estimate of drug-likeness (QED) is 0.811. The van der Waals surface area contributed by atoms with Crippen LogP contribution in [-0.4, -0.2) is 5.78 Å². The summed E-state index contributed by atoms with van der Waals surface area (Å²) in [7, 11) is 0. The molecule has 3 heteroatoms. The maximum absolute atomic E-state index is 13.0. The number of benzene rings is 2. The molecule has 0 radical (unpaired) electrons. The summed E-state index contributed by atoms with van der Waals surface area (Å²) in [6, 6.07) is 13.3. The molecule has 0 bridgehead atoms. The van der Waals surface area contributed by atoms with Gasteiger partial charge < -0.3 is 5.32 Å². The molecule has 0 aromatic heterocycles. The van der Waals surface area contributed by atoms with E-state index in [1.807, 2.05) is 0 Å². The van der Waals surface area contributed by atoms with Crippen molar-refractivity contribution in [3.05, 3.63) is 59.9 Å². The highest BCUT2D eigenvalue weighted by Gasteiger charge is 1.99. The van der Waals surface area contributed by atoms with E-state index in [9.17, 15) is 9.18 Å². The first-order valence-electron chi connectivity index (χ1n) is 5.29. The van der Waals surface area contributed by atoms with E-state index in [0.717, 1.165) is 5.69 Å². The molecule has 2 nitrogen and oxygen atoms in total. The summed E-state index contributed by atoms with van der Waals surface area (Å²) in [4.78, 5) is 11.1. The number of hydrogen-bond donors (Lipinski definition) is 1. The molecule has 2 aromatic carbocycles. The summed E-state index contributed by atoms with van der Waals surface area (Å²) >= 11 is 0. The maximum Gasteiger partial charge on any atom is 0.159 e. The zero-order valence-electron chi connectivity index (χ0n) is 9.41. The minimum atomic E-state index is -0.282. The second-order valence-corrected chi connectivity index (χ2v) is 3.77. The fourth-order valence-electron chi connectivity index (χ4n) is 1.52. The van der Waals surface area contributed by atoms with Crippen molar-refractivity contribution in [1.82, 2.24) is 0 Å². The van der Waals surface area contributed by atoms with Crippen LogP contribution in [0.4, 0.5) is 15.8 Å². The predicted molar refractivity (Wildman–Crippen MR) is 66.1 cm³/mol. The molecule has 0 aliphatic carbocycles. The van der Waals surface area contributed by atoms with Crippen molar-refractivity contribution in [1.29, 1.82) is 0 Å². The smallest absolute Gasteiger partial charge is 0.159 e. The predicted octanol–water partition coefficient (Wildman–Crippen LogP) is 3.77. The van der Waals surface area contributed by atoms with Crippen LogP contribution in [0.2, 0.25) is 0 Å². The van der Waals surface area contributed by atoms with Crippen molar-refractivity contribution in [3.8, 4) is 0 Å². The number of hydrogen-bond acceptors (Lipinski definition) is 2. The minimum Gasteiger partial charge on any atom is -0.355 e. The molecule has 0 aliphatic heterocycles. The number of halogens is 1. The Kier molecular flexibility index (Phi) is 3.19. The van der Waals surface area contributed by atoms with Gasteiger partial charge >= 0.3 is 0 Å². The SMILES string of the molecule is CC(=O)c1ccc(Nc2cccc(F)c2)cc1. The lowest BCUT2D eigenvalue weighted by atomic mass is 10.1. The standard InChI is InChI=1S/C14H12FNO/c1-10(17)11-5-7-13(8-6-11)16-14-4-2-3-12(15)9-14/h2-9,16H,1H3. The van der Waals surface area contributed by atoms with Gasteiger partial charge in [-0.1, -0.05) is 6.07 Å². The Labute approximate surface area is 99.1 Å². The number of carbonyl (C=O) groups excluding carboxylic acids is 1. The Balaban J connectivity index is 2.16. The molecule has 2 rings (SSSR count). The minimum absolute atomic E-state index is 0.0299. The van der Waals surface area contributed by atoms with Gasteiger partial charge in [-0.25, -0.2) is 4.39 Å². The van der Waals surface area contributed by atoms with Crippen molar-refractivity contribution in [3.63, 3.8) is 0 Å². The lowest BCUT2D eigenvalue weighted by Crippen LogP contribution is -1.94. The van der Waals surface area contributed by atoms with Crippen LogP contribution < -0.4 is 5.32 Å². The third-order valence-corrected chi connectivity index (χ3v) is 2.40. The van der Waals surface area contributed by atoms with Crippen molar-refractivity contribution >= 4 is 17.2 Å². The molecule has 0 aliphatic rings. The molecule has 0 atom stereocenters. The molecule has 0 heterocycles. The molecule has 1 N–H and O–H groups in total. The molecule has 17 heavy (non-hydrogen) atoms. The summed E-state index contributed by atoms with van der Waals surface area (Å²) in [5, 5.41) is 3.06. The van der Waals surface area contributed by atoms with Crippen LogP contribution in [-0.2, 0) is 0 Å². The number of nitrogens with one attached hydrogen (secondary N) is 1. The van der Waals surface area contributed by atoms with E-state index in [1.165, 1.54) is 19.1 Å². The van der Waals surface area contributed by atoms with Gasteiger partial charge in [0.1, 0.15) is 5.82 Å². The first kappa shape index (κ1) is 11.3. The lowest BCUT2D eigenvalue weighted by molar-refractivity contribution is 0.101. The molecule has 0 amide bonds. The van der Waals surface area contributed by atoms with Gasteiger partial charge in [0.15, 0.2) is 5.78 Å². The fourth-order valence-corrected chi connectivity index (χ4v) is 1.52. The second-order valence-electron chi connectivity index (χ2n) is 3.77. The Morgan fingerprint density at radius 2 is 1.76 bits per heavy atom. The maximum atomic E-state index is 13.0. The Bertz CT molecular complexity index is 534. The Hall–Kier alpha value is -2.16. The highest BCUT2D eigenvalue weighted by atomic mass is 19.1. The van der Waals surface area contributed by atoms with E-state index in [1.54, 1.807) is 36.4 Å². The van der Waals surface area contributed by atoms with E-state index in [-0.39, 0.29) is 11.6 Å². The average Bonchev–Trinajstić information content (AvgIpc) is 2.29. The summed E-state index contributed by atoms with van der Waals surface area (Å²) in [6.45, 7) is 1.52. The van der Waals surface area contributed by atoms with Crippen molar-refractivity contribution in [2.24, 2.45) is 0 Å². The van der Waals surface area contributed by atoms with Crippen LogP contribution in [0.15, 0.2) is 48.5 Å². The molecule has 0 fully saturated rings. The monoisotopic (exact) mass is 229 g/mol. The third-order valence-electron chi connectivity index (χ3n) is 2.40. The summed E-state index contributed by atoms with van der Waals surface area (Å²) in [6.07, 6.45) is 0. The topological polar surface area (TPSA) is 29.1 Å². The number of rotatable bonds is 3. The number of ketones is 1. The summed E-state index contributed by atoms with van der Waals surface area (Å²) in [5.74, 6) is -0.252. The van der Waals surface area contributed by atoms with E-state index in [4.69, 9.17) is 0 Å². The van der Waals surface area contributed by atoms with Crippen LogP contribution in [0.25, 0.3) is 0 Å². The van der Waals surface area contributed by atoms with Gasteiger partial charge in [-0.3, -0.25) is 4.79 Å². The summed E-state index contributed by atoms with van der Waals surface area (Å²) in [5.41, 5.74) is 2.16. The number of Topliss-reactive ketones (excluding diaryl/α,β-unsaturated/α-hetero) is 1. The zero-order valence-corrected chi connectivity index (χ0v) is 9.41. The summed E-state index contributed by atoms with van der Waals surface area (Å²) < 4.78 is 13.0. The van der Waals surface area contributed by atoms with Gasteiger partial charge in [0, 0.05) is 16.9 Å². The zero-order chi connectivity index (χ0) is 12.3. The van der Waals surface area contributed by atoms with Gasteiger partial charge in [0.25, 0.3) is 0 Å². The molecular weight excluding hydrogens is 217 g/mol. The van der Waals surface area contributed by atoms with Crippen LogP contribution in [0.1, 0.15) is 17.3 Å². The third kappa shape index (κ3) is 2.91. The number of anilines is 2. The average molecular weight is 229 g/mol. The largest absolute Gasteiger partial charge is 0.355 e. The van der Waals surface area contributed by atoms with Gasteiger partial charge in [-0.2, -0.15) is 0 Å². The first-order valence-corrected chi connectivity index (χ1v) is 5.29. The molecule has 0 saturated carbocycles. The molecular formula is C14H12FNO. The van der Waals surface area contributed by atoms with Gasteiger partial charge in [-0.05, 0) is 49.4 Å². The van der Waals surface area contributed by atoms with Crippen molar-refractivity contribution < 1.29 is 9.18 Å². The van der Waals surface area contributed by atoms with Crippen LogP contribution in [0.3, 0.4) is 0 Å². The molecule has 0 saturated heterocycles. The molecule has 0 unspecified atom stereocenters. The highest BCUT2D eigenvalue weighted by Crippen LogP contribution is 2.17. The van der Waals surface area contributed by atoms with E-state index in [0.29, 0.717) is 11.3 Å². The van der Waals surface area contributed by atoms with Crippen LogP contribution in [0.5, 0.6) is 0 Å². The van der Waals surface area contributed by atoms with Gasteiger partial charge in [0.05, 0.1) is 0 Å². The van der Waals surface area contributed by atoms with Crippen LogP contribution >= 0.6 is 0 Å². The molecule has 2 aromatic rings. The Morgan fingerprint density at radius 1 is 1.06 bits per heavy atom. The first-order chi connectivity index (χ1) is 8.15. The van der Waals surface area contributed by atoms with Gasteiger partial charge in [0.2, 0.25) is 0 Å². The van der Waals surface area contributed by atoms with Crippen molar-refractivity contribution in [2.75, 3.05) is 5.32 Å². The fraction of sp³-hybridized carbons (Fsp3) is 0.0714. The van der Waals surface area contributed by atoms with Crippen molar-refractivity contribution in [2.45, 2.75) is 6.92 Å². The molecule has 0 spiro atoms. The van der Waals surface area contributed by atoms with E-state index in [2.05, 4.69) is 5.32 Å². The number of carbonyl (C=O) groups is 1. The highest BCUT2D eigenvalue weighted by molar-refractivity contribution is 5.94. The Morgan fingerprint density at radius 3 is 2.35 bits per heavy atom. The van der Waals surface area contributed by atoms with E-state index >= 15 is 0 Å². The lowest BCUT2D eigenvalue weighted by Gasteiger charge is -2.06.